The third-order valence-corrected chi connectivity index (χ3v) is 5.16. The van der Waals surface area contributed by atoms with Crippen LogP contribution in [0.3, 0.4) is 0 Å². The Balaban J connectivity index is 1.97. The molecule has 2 rings (SSSR count). The zero-order chi connectivity index (χ0) is 21.6. The number of benzene rings is 2. The maximum absolute atomic E-state index is 12.5. The Morgan fingerprint density at radius 1 is 0.621 bits per heavy atom. The Morgan fingerprint density at radius 2 is 0.931 bits per heavy atom. The van der Waals surface area contributed by atoms with Crippen LogP contribution in [0, 0.1) is 11.8 Å². The van der Waals surface area contributed by atoms with Crippen molar-refractivity contribution < 1.29 is 14.3 Å². The zero-order valence-electron chi connectivity index (χ0n) is 18.6. The molecule has 0 aromatic heterocycles. The summed E-state index contributed by atoms with van der Waals surface area (Å²) in [4.78, 5) is 25.0. The second-order valence-corrected chi connectivity index (χ2v) is 8.86. The van der Waals surface area contributed by atoms with Gasteiger partial charge in [0.05, 0.1) is 11.8 Å². The number of hydrogen-bond donors (Lipinski definition) is 0. The van der Waals surface area contributed by atoms with E-state index in [1.165, 1.54) is 11.1 Å². The van der Waals surface area contributed by atoms with Crippen LogP contribution in [-0.2, 0) is 27.2 Å². The molecule has 0 aliphatic carbocycles. The monoisotopic (exact) mass is 394 g/mol. The SMILES string of the molecule is CC(C)Cc1ccc(C(C)C(=O)OC(=O)C(C)c2ccc(CC(C)C)cc2)cc1. The largest absolute Gasteiger partial charge is 0.392 e. The molecule has 0 spiro atoms. The van der Waals surface area contributed by atoms with Crippen molar-refractivity contribution in [2.24, 2.45) is 11.8 Å². The highest BCUT2D eigenvalue weighted by Crippen LogP contribution is 2.22. The van der Waals surface area contributed by atoms with Crippen molar-refractivity contribution in [2.75, 3.05) is 0 Å². The number of esters is 2. The molecule has 3 heteroatoms. The maximum Gasteiger partial charge on any atom is 0.320 e. The van der Waals surface area contributed by atoms with E-state index in [0.29, 0.717) is 11.8 Å². The zero-order valence-corrected chi connectivity index (χ0v) is 18.6. The molecule has 0 aliphatic heterocycles. The maximum atomic E-state index is 12.5. The molecule has 0 bridgehead atoms. The molecule has 3 nitrogen and oxygen atoms in total. The summed E-state index contributed by atoms with van der Waals surface area (Å²) in [5.41, 5.74) is 4.21. The first-order valence-electron chi connectivity index (χ1n) is 10.6. The lowest BCUT2D eigenvalue weighted by Crippen LogP contribution is -2.21. The van der Waals surface area contributed by atoms with Crippen molar-refractivity contribution in [1.29, 1.82) is 0 Å². The van der Waals surface area contributed by atoms with E-state index < -0.39 is 23.8 Å². The van der Waals surface area contributed by atoms with Gasteiger partial charge in [-0.3, -0.25) is 9.59 Å². The number of carbonyl (C=O) groups excluding carboxylic acids is 2. The summed E-state index contributed by atoms with van der Waals surface area (Å²) < 4.78 is 5.19. The third-order valence-electron chi connectivity index (χ3n) is 5.16. The molecule has 0 amide bonds. The average molecular weight is 395 g/mol. The second-order valence-electron chi connectivity index (χ2n) is 8.86. The van der Waals surface area contributed by atoms with Gasteiger partial charge in [-0.15, -0.1) is 0 Å². The van der Waals surface area contributed by atoms with E-state index in [9.17, 15) is 9.59 Å². The second kappa shape index (κ2) is 10.4. The van der Waals surface area contributed by atoms with Gasteiger partial charge in [0, 0.05) is 0 Å². The number of rotatable bonds is 8. The molecular weight excluding hydrogens is 360 g/mol. The van der Waals surface area contributed by atoms with Gasteiger partial charge in [-0.2, -0.15) is 0 Å². The van der Waals surface area contributed by atoms with Gasteiger partial charge in [0.25, 0.3) is 0 Å². The number of hydrogen-bond acceptors (Lipinski definition) is 3. The predicted octanol–water partition coefficient (Wildman–Crippen LogP) is 6.06. The summed E-state index contributed by atoms with van der Waals surface area (Å²) in [5.74, 6) is -0.798. The number of ether oxygens (including phenoxy) is 1. The van der Waals surface area contributed by atoms with Crippen molar-refractivity contribution >= 4 is 11.9 Å². The van der Waals surface area contributed by atoms with E-state index in [2.05, 4.69) is 27.7 Å². The Hall–Kier alpha value is -2.42. The van der Waals surface area contributed by atoms with Crippen LogP contribution in [0.5, 0.6) is 0 Å². The fourth-order valence-electron chi connectivity index (χ4n) is 3.38. The van der Waals surface area contributed by atoms with Gasteiger partial charge in [-0.25, -0.2) is 0 Å². The summed E-state index contributed by atoms with van der Waals surface area (Å²) in [6.07, 6.45) is 2.01. The fraction of sp³-hybridized carbons (Fsp3) is 0.462. The minimum atomic E-state index is -0.505. The van der Waals surface area contributed by atoms with Crippen LogP contribution in [0.15, 0.2) is 48.5 Å². The minimum absolute atomic E-state index is 0.479. The molecule has 0 saturated heterocycles. The van der Waals surface area contributed by atoms with Crippen LogP contribution in [0.4, 0.5) is 0 Å². The van der Waals surface area contributed by atoms with E-state index in [4.69, 9.17) is 4.74 Å². The van der Waals surface area contributed by atoms with E-state index in [1.54, 1.807) is 13.8 Å². The lowest BCUT2D eigenvalue weighted by Gasteiger charge is -2.15. The smallest absolute Gasteiger partial charge is 0.320 e. The Kier molecular flexibility index (Phi) is 8.19. The Labute approximate surface area is 175 Å². The van der Waals surface area contributed by atoms with Crippen molar-refractivity contribution in [3.63, 3.8) is 0 Å². The van der Waals surface area contributed by atoms with Crippen LogP contribution in [0.2, 0.25) is 0 Å². The predicted molar refractivity (Wildman–Crippen MR) is 118 cm³/mol. The lowest BCUT2D eigenvalue weighted by molar-refractivity contribution is -0.161. The summed E-state index contributed by atoms with van der Waals surface area (Å²) in [7, 11) is 0. The van der Waals surface area contributed by atoms with Crippen LogP contribution >= 0.6 is 0 Å². The van der Waals surface area contributed by atoms with Crippen LogP contribution in [-0.4, -0.2) is 11.9 Å². The summed E-state index contributed by atoms with van der Waals surface area (Å²) in [6, 6.07) is 16.0. The topological polar surface area (TPSA) is 43.4 Å². The standard InChI is InChI=1S/C26H34O3/c1-17(2)15-21-7-11-23(12-8-21)19(5)25(27)29-26(28)20(6)24-13-9-22(10-14-24)16-18(3)4/h7-14,17-20H,15-16H2,1-6H3. The van der Waals surface area contributed by atoms with Gasteiger partial charge in [0.1, 0.15) is 0 Å². The fourth-order valence-corrected chi connectivity index (χ4v) is 3.38. The Bertz CT molecular complexity index is 731. The molecular formula is C26H34O3. The highest BCUT2D eigenvalue weighted by atomic mass is 16.6. The lowest BCUT2D eigenvalue weighted by atomic mass is 9.96. The first-order chi connectivity index (χ1) is 13.7. The van der Waals surface area contributed by atoms with E-state index in [-0.39, 0.29) is 0 Å². The van der Waals surface area contributed by atoms with E-state index in [1.807, 2.05) is 48.5 Å². The quantitative estimate of drug-likeness (QED) is 0.404. The highest BCUT2D eigenvalue weighted by Gasteiger charge is 2.24. The molecule has 0 saturated carbocycles. The third kappa shape index (κ3) is 6.85. The van der Waals surface area contributed by atoms with Gasteiger partial charge in [-0.05, 0) is 60.8 Å². The van der Waals surface area contributed by atoms with Crippen LogP contribution in [0.25, 0.3) is 0 Å². The first kappa shape index (κ1) is 22.9. The van der Waals surface area contributed by atoms with Crippen molar-refractivity contribution in [3.05, 3.63) is 70.8 Å². The summed E-state index contributed by atoms with van der Waals surface area (Å²) in [6.45, 7) is 12.3. The summed E-state index contributed by atoms with van der Waals surface area (Å²) in [5, 5.41) is 0. The molecule has 0 aliphatic rings. The normalized spacial score (nSPS) is 13.4. The number of carbonyl (C=O) groups is 2. The van der Waals surface area contributed by atoms with Crippen molar-refractivity contribution in [3.8, 4) is 0 Å². The molecule has 2 atom stereocenters. The average Bonchev–Trinajstić information content (AvgIpc) is 2.67. The molecule has 29 heavy (non-hydrogen) atoms. The van der Waals surface area contributed by atoms with Crippen molar-refractivity contribution in [2.45, 2.75) is 66.2 Å². The molecule has 2 unspecified atom stereocenters. The van der Waals surface area contributed by atoms with Gasteiger partial charge in [0.2, 0.25) is 0 Å². The Morgan fingerprint density at radius 3 is 1.21 bits per heavy atom. The van der Waals surface area contributed by atoms with Gasteiger partial charge in [-0.1, -0.05) is 76.2 Å². The molecule has 0 fully saturated rings. The van der Waals surface area contributed by atoms with E-state index >= 15 is 0 Å². The molecule has 2 aromatic carbocycles. The van der Waals surface area contributed by atoms with Gasteiger partial charge >= 0.3 is 11.9 Å². The molecule has 0 radical (unpaired) electrons. The molecule has 0 N–H and O–H groups in total. The molecule has 0 heterocycles. The van der Waals surface area contributed by atoms with Crippen LogP contribution in [0.1, 0.15) is 75.6 Å². The summed E-state index contributed by atoms with van der Waals surface area (Å²) >= 11 is 0. The minimum Gasteiger partial charge on any atom is -0.392 e. The van der Waals surface area contributed by atoms with Gasteiger partial charge in [0.15, 0.2) is 0 Å². The molecule has 2 aromatic rings. The first-order valence-corrected chi connectivity index (χ1v) is 10.6. The van der Waals surface area contributed by atoms with Crippen molar-refractivity contribution in [1.82, 2.24) is 0 Å². The van der Waals surface area contributed by atoms with E-state index in [0.717, 1.165) is 24.0 Å². The van der Waals surface area contributed by atoms with Gasteiger partial charge < -0.3 is 4.74 Å². The molecule has 156 valence electrons. The van der Waals surface area contributed by atoms with Crippen LogP contribution < -0.4 is 0 Å². The highest BCUT2D eigenvalue weighted by molar-refractivity contribution is 5.92.